The van der Waals surface area contributed by atoms with Crippen molar-refractivity contribution in [3.63, 3.8) is 0 Å². The molecule has 1 amide bonds. The molecule has 18 heavy (non-hydrogen) atoms. The zero-order valence-electron chi connectivity index (χ0n) is 10.1. The van der Waals surface area contributed by atoms with E-state index >= 15 is 0 Å². The Morgan fingerprint density at radius 2 is 1.94 bits per heavy atom. The van der Waals surface area contributed by atoms with Crippen molar-refractivity contribution < 1.29 is 18.0 Å². The van der Waals surface area contributed by atoms with Crippen LogP contribution in [0.15, 0.2) is 24.3 Å². The molecule has 0 saturated carbocycles. The maximum absolute atomic E-state index is 12.7. The summed E-state index contributed by atoms with van der Waals surface area (Å²) in [5, 5.41) is 5.10. The molecule has 1 aromatic carbocycles. The molecule has 0 aliphatic carbocycles. The van der Waals surface area contributed by atoms with Crippen LogP contribution in [0.5, 0.6) is 0 Å². The maximum Gasteiger partial charge on any atom is 0.418 e. The Kier molecular flexibility index (Phi) is 4.72. The van der Waals surface area contributed by atoms with Crippen LogP contribution >= 0.6 is 0 Å². The van der Waals surface area contributed by atoms with Gasteiger partial charge in [0, 0.05) is 12.5 Å². The van der Waals surface area contributed by atoms with E-state index in [1.54, 1.807) is 14.0 Å². The summed E-state index contributed by atoms with van der Waals surface area (Å²) in [6.07, 6.45) is -4.48. The van der Waals surface area contributed by atoms with E-state index in [1.807, 2.05) is 0 Å². The minimum Gasteiger partial charge on any atom is -0.325 e. The van der Waals surface area contributed by atoms with Crippen LogP contribution in [0.4, 0.5) is 18.9 Å². The molecular formula is C12H15F3N2O. The molecule has 1 aromatic rings. The lowest BCUT2D eigenvalue weighted by Gasteiger charge is -2.16. The van der Waals surface area contributed by atoms with Crippen molar-refractivity contribution in [2.75, 3.05) is 18.9 Å². The number of hydrogen-bond donors (Lipinski definition) is 2. The molecule has 0 heterocycles. The van der Waals surface area contributed by atoms with Gasteiger partial charge in [0.25, 0.3) is 0 Å². The predicted octanol–water partition coefficient (Wildman–Crippen LogP) is 2.50. The fourth-order valence-corrected chi connectivity index (χ4v) is 1.49. The van der Waals surface area contributed by atoms with Gasteiger partial charge >= 0.3 is 6.18 Å². The Balaban J connectivity index is 2.88. The largest absolute Gasteiger partial charge is 0.418 e. The molecule has 0 spiro atoms. The van der Waals surface area contributed by atoms with E-state index in [9.17, 15) is 18.0 Å². The Bertz CT molecular complexity index is 418. The molecule has 2 N–H and O–H groups in total. The summed E-state index contributed by atoms with van der Waals surface area (Å²) in [6, 6.07) is 4.92. The fourth-order valence-electron chi connectivity index (χ4n) is 1.49. The first kappa shape index (κ1) is 14.5. The molecule has 0 fully saturated rings. The first-order chi connectivity index (χ1) is 8.36. The monoisotopic (exact) mass is 260 g/mol. The highest BCUT2D eigenvalue weighted by Crippen LogP contribution is 2.34. The molecule has 1 rings (SSSR count). The summed E-state index contributed by atoms with van der Waals surface area (Å²) in [4.78, 5) is 11.7. The van der Waals surface area contributed by atoms with Gasteiger partial charge in [-0.2, -0.15) is 13.2 Å². The zero-order chi connectivity index (χ0) is 13.8. The van der Waals surface area contributed by atoms with E-state index in [-0.39, 0.29) is 5.69 Å². The number of rotatable bonds is 4. The number of halogens is 3. The Morgan fingerprint density at radius 3 is 2.50 bits per heavy atom. The van der Waals surface area contributed by atoms with Crippen LogP contribution in [0, 0.1) is 5.92 Å². The minimum atomic E-state index is -4.48. The van der Waals surface area contributed by atoms with Crippen molar-refractivity contribution in [3.05, 3.63) is 29.8 Å². The van der Waals surface area contributed by atoms with Crippen molar-refractivity contribution in [3.8, 4) is 0 Å². The molecule has 0 aromatic heterocycles. The van der Waals surface area contributed by atoms with Gasteiger partial charge in [0.15, 0.2) is 0 Å². The highest BCUT2D eigenvalue weighted by molar-refractivity contribution is 5.93. The van der Waals surface area contributed by atoms with Gasteiger partial charge in [0.05, 0.1) is 11.3 Å². The number of amides is 1. The summed E-state index contributed by atoms with van der Waals surface area (Å²) in [7, 11) is 1.67. The quantitative estimate of drug-likeness (QED) is 0.873. The van der Waals surface area contributed by atoms with Crippen LogP contribution in [0.2, 0.25) is 0 Å². The summed E-state index contributed by atoms with van der Waals surface area (Å²) in [5.41, 5.74) is -1.05. The van der Waals surface area contributed by atoms with Gasteiger partial charge in [-0.05, 0) is 19.2 Å². The Hall–Kier alpha value is -1.56. The topological polar surface area (TPSA) is 41.1 Å². The average molecular weight is 260 g/mol. The first-order valence-electron chi connectivity index (χ1n) is 5.48. The number of alkyl halides is 3. The fraction of sp³-hybridized carbons (Fsp3) is 0.417. The van der Waals surface area contributed by atoms with Crippen LogP contribution < -0.4 is 10.6 Å². The zero-order valence-corrected chi connectivity index (χ0v) is 10.1. The number of hydrogen-bond acceptors (Lipinski definition) is 2. The number of para-hydroxylation sites is 1. The minimum absolute atomic E-state index is 0.210. The third kappa shape index (κ3) is 3.73. The molecular weight excluding hydrogens is 245 g/mol. The van der Waals surface area contributed by atoms with Crippen molar-refractivity contribution in [2.24, 2.45) is 5.92 Å². The van der Waals surface area contributed by atoms with E-state index in [2.05, 4.69) is 10.6 Å². The molecule has 0 saturated heterocycles. The van der Waals surface area contributed by atoms with Crippen molar-refractivity contribution in [2.45, 2.75) is 13.1 Å². The van der Waals surface area contributed by atoms with E-state index in [0.29, 0.717) is 6.54 Å². The second-order valence-electron chi connectivity index (χ2n) is 3.99. The van der Waals surface area contributed by atoms with Crippen molar-refractivity contribution in [1.29, 1.82) is 0 Å². The highest BCUT2D eigenvalue weighted by Gasteiger charge is 2.33. The maximum atomic E-state index is 12.7. The summed E-state index contributed by atoms with van der Waals surface area (Å²) in [6.45, 7) is 2.04. The molecule has 3 nitrogen and oxygen atoms in total. The van der Waals surface area contributed by atoms with Gasteiger partial charge in [-0.25, -0.2) is 0 Å². The van der Waals surface area contributed by atoms with E-state index in [1.165, 1.54) is 18.2 Å². The Labute approximate surface area is 103 Å². The molecule has 0 bridgehead atoms. The normalized spacial score (nSPS) is 13.2. The standard InChI is InChI=1S/C12H15F3N2O/c1-8(7-16-2)11(18)17-10-6-4-3-5-9(10)12(13,14)15/h3-6,8,16H,7H2,1-2H3,(H,17,18). The van der Waals surface area contributed by atoms with Gasteiger partial charge in [0.1, 0.15) is 0 Å². The molecule has 1 unspecified atom stereocenters. The predicted molar refractivity (Wildman–Crippen MR) is 63.2 cm³/mol. The smallest absolute Gasteiger partial charge is 0.325 e. The van der Waals surface area contributed by atoms with Crippen LogP contribution in [0.25, 0.3) is 0 Å². The second-order valence-corrected chi connectivity index (χ2v) is 3.99. The van der Waals surface area contributed by atoms with Crippen LogP contribution in [0.1, 0.15) is 12.5 Å². The number of benzene rings is 1. The van der Waals surface area contributed by atoms with E-state index < -0.39 is 23.6 Å². The van der Waals surface area contributed by atoms with Crippen LogP contribution in [-0.4, -0.2) is 19.5 Å². The lowest BCUT2D eigenvalue weighted by Crippen LogP contribution is -2.29. The number of carbonyl (C=O) groups is 1. The number of anilines is 1. The third-order valence-corrected chi connectivity index (χ3v) is 2.45. The summed E-state index contributed by atoms with van der Waals surface area (Å²) < 4.78 is 38.1. The van der Waals surface area contributed by atoms with Gasteiger partial charge in [0.2, 0.25) is 5.91 Å². The molecule has 0 aliphatic heterocycles. The van der Waals surface area contributed by atoms with E-state index in [0.717, 1.165) is 6.07 Å². The molecule has 0 aliphatic rings. The second kappa shape index (κ2) is 5.86. The summed E-state index contributed by atoms with van der Waals surface area (Å²) >= 11 is 0. The van der Waals surface area contributed by atoms with Crippen molar-refractivity contribution in [1.82, 2.24) is 5.32 Å². The van der Waals surface area contributed by atoms with Gasteiger partial charge in [-0.15, -0.1) is 0 Å². The summed E-state index contributed by atoms with van der Waals surface area (Å²) in [5.74, 6) is -0.850. The highest BCUT2D eigenvalue weighted by atomic mass is 19.4. The first-order valence-corrected chi connectivity index (χ1v) is 5.48. The number of nitrogens with one attached hydrogen (secondary N) is 2. The van der Waals surface area contributed by atoms with E-state index in [4.69, 9.17) is 0 Å². The van der Waals surface area contributed by atoms with Gasteiger partial charge < -0.3 is 10.6 Å². The molecule has 0 radical (unpaired) electrons. The number of carbonyl (C=O) groups excluding carboxylic acids is 1. The van der Waals surface area contributed by atoms with Gasteiger partial charge in [-0.1, -0.05) is 19.1 Å². The lowest BCUT2D eigenvalue weighted by atomic mass is 10.1. The average Bonchev–Trinajstić information content (AvgIpc) is 2.28. The molecule has 6 heteroatoms. The van der Waals surface area contributed by atoms with Gasteiger partial charge in [-0.3, -0.25) is 4.79 Å². The Morgan fingerprint density at radius 1 is 1.33 bits per heavy atom. The van der Waals surface area contributed by atoms with Crippen LogP contribution in [-0.2, 0) is 11.0 Å². The lowest BCUT2D eigenvalue weighted by molar-refractivity contribution is -0.137. The molecule has 1 atom stereocenters. The van der Waals surface area contributed by atoms with Crippen molar-refractivity contribution >= 4 is 11.6 Å². The third-order valence-electron chi connectivity index (χ3n) is 2.45. The molecule has 100 valence electrons. The van der Waals surface area contributed by atoms with Crippen LogP contribution in [0.3, 0.4) is 0 Å². The SMILES string of the molecule is CNCC(C)C(=O)Nc1ccccc1C(F)(F)F.